The van der Waals surface area contributed by atoms with Crippen LogP contribution in [0.3, 0.4) is 0 Å². The summed E-state index contributed by atoms with van der Waals surface area (Å²) < 4.78 is 68.2. The van der Waals surface area contributed by atoms with Crippen LogP contribution in [0, 0.1) is 0 Å². The third-order valence-corrected chi connectivity index (χ3v) is 13.5. The number of amides is 1. The van der Waals surface area contributed by atoms with E-state index in [4.69, 9.17) is 14.4 Å². The Balaban J connectivity index is 1.16. The van der Waals surface area contributed by atoms with Gasteiger partial charge in [-0.3, -0.25) is 4.79 Å². The normalized spacial score (nSPS) is 13.3. The number of hydroxylamine groups is 3. The van der Waals surface area contributed by atoms with Gasteiger partial charge in [0.05, 0.1) is 61.5 Å². The number of hydrogen-bond acceptors (Lipinski definition) is 11. The monoisotopic (exact) mass is 792 g/mol. The maximum Gasteiger partial charge on any atom is 0.235 e. The number of hydrogen-bond donors (Lipinski definition) is 1. The fraction of sp³-hybridized carbons (Fsp3) is 0.256. The molecular formula is C39H40N2O8S4. The number of thiophene rings is 2. The van der Waals surface area contributed by atoms with E-state index in [2.05, 4.69) is 5.48 Å². The Labute approximate surface area is 317 Å². The summed E-state index contributed by atoms with van der Waals surface area (Å²) in [7, 11) is -7.52. The lowest BCUT2D eigenvalue weighted by Crippen LogP contribution is -2.49. The number of carbonyl (C=O) groups is 1. The molecule has 0 aliphatic carbocycles. The number of nitrogens with one attached hydrogen (secondary N) is 1. The largest absolute Gasteiger partial charge is 0.375 e. The van der Waals surface area contributed by atoms with Crippen LogP contribution in [0.2, 0.25) is 0 Å². The van der Waals surface area contributed by atoms with Crippen molar-refractivity contribution < 1.29 is 36.0 Å². The van der Waals surface area contributed by atoms with Crippen LogP contribution in [0.25, 0.3) is 20.2 Å². The second-order valence-corrected chi connectivity index (χ2v) is 18.8. The summed E-state index contributed by atoms with van der Waals surface area (Å²) in [6.07, 6.45) is 0.364. The van der Waals surface area contributed by atoms with Gasteiger partial charge in [0, 0.05) is 9.40 Å². The minimum Gasteiger partial charge on any atom is -0.375 e. The molecule has 0 aliphatic heterocycles. The van der Waals surface area contributed by atoms with E-state index in [1.807, 2.05) is 108 Å². The molecule has 1 N–H and O–H groups in total. The number of ether oxygens (including phenoxy) is 2. The molecule has 6 rings (SSSR count). The Morgan fingerprint density at radius 1 is 0.623 bits per heavy atom. The topological polar surface area (TPSA) is 128 Å². The van der Waals surface area contributed by atoms with Crippen LogP contribution in [0.1, 0.15) is 22.3 Å². The zero-order valence-corrected chi connectivity index (χ0v) is 32.0. The Hall–Kier alpha value is -3.99. The van der Waals surface area contributed by atoms with Crippen molar-refractivity contribution >= 4 is 68.9 Å². The molecule has 0 fully saturated rings. The van der Waals surface area contributed by atoms with Crippen LogP contribution >= 0.6 is 22.7 Å². The molecule has 10 nitrogen and oxygen atoms in total. The van der Waals surface area contributed by atoms with Crippen LogP contribution < -0.4 is 5.48 Å². The molecule has 6 aromatic rings. The molecule has 0 spiro atoms. The summed E-state index contributed by atoms with van der Waals surface area (Å²) in [5.41, 5.74) is 5.74. The number of sulfone groups is 2. The summed E-state index contributed by atoms with van der Waals surface area (Å²) >= 11 is 3.15. The highest BCUT2D eigenvalue weighted by molar-refractivity contribution is 7.90. The van der Waals surface area contributed by atoms with Gasteiger partial charge in [-0.25, -0.2) is 16.8 Å². The molecule has 0 bridgehead atoms. The van der Waals surface area contributed by atoms with E-state index in [1.165, 1.54) is 0 Å². The molecule has 0 saturated heterocycles. The van der Waals surface area contributed by atoms with Gasteiger partial charge in [-0.2, -0.15) is 15.5 Å². The summed E-state index contributed by atoms with van der Waals surface area (Å²) in [5.74, 6) is -1.31. The smallest absolute Gasteiger partial charge is 0.235 e. The molecule has 2 aromatic heterocycles. The van der Waals surface area contributed by atoms with Gasteiger partial charge < -0.3 is 9.47 Å². The highest BCUT2D eigenvalue weighted by Crippen LogP contribution is 2.24. The standard InChI is InChI=1S/C39H40N2O8S4/c42-29-41(37(24-48-22-31-9-5-2-6-10-31)28-53(45,46)26-33-12-14-39-35(20-33)16-18-51-39)49-40-36(23-47-21-30-7-3-1-4-8-30)27-52(43,44)25-32-11-13-38-34(19-32)15-17-50-38/h1-20,29,36-37,40H,21-28H2/t36-,37-/m0/s1. The van der Waals surface area contributed by atoms with Crippen molar-refractivity contribution in [2.24, 2.45) is 0 Å². The summed E-state index contributed by atoms with van der Waals surface area (Å²) in [5, 5.41) is 6.67. The van der Waals surface area contributed by atoms with Gasteiger partial charge in [-0.15, -0.1) is 22.7 Å². The average molecular weight is 793 g/mol. The minimum absolute atomic E-state index is 0.0804. The van der Waals surface area contributed by atoms with Crippen molar-refractivity contribution in [3.63, 3.8) is 0 Å². The van der Waals surface area contributed by atoms with E-state index >= 15 is 0 Å². The minimum atomic E-state index is -3.80. The molecule has 14 heteroatoms. The van der Waals surface area contributed by atoms with E-state index < -0.39 is 37.5 Å². The Bertz CT molecular complexity index is 2300. The van der Waals surface area contributed by atoms with Crippen LogP contribution in [-0.2, 0) is 63.6 Å². The first-order valence-corrected chi connectivity index (χ1v) is 22.3. The Morgan fingerprint density at radius 2 is 1.13 bits per heavy atom. The lowest BCUT2D eigenvalue weighted by atomic mass is 10.2. The van der Waals surface area contributed by atoms with Gasteiger partial charge in [0.15, 0.2) is 19.7 Å². The highest BCUT2D eigenvalue weighted by atomic mass is 32.2. The molecule has 0 aliphatic rings. The van der Waals surface area contributed by atoms with Crippen molar-refractivity contribution in [3.8, 4) is 0 Å². The summed E-state index contributed by atoms with van der Waals surface area (Å²) in [6.45, 7) is 0.147. The number of nitrogens with zero attached hydrogens (tertiary/aromatic N) is 1. The summed E-state index contributed by atoms with van der Waals surface area (Å²) in [6, 6.07) is 31.8. The van der Waals surface area contributed by atoms with Crippen LogP contribution in [0.4, 0.5) is 0 Å². The van der Waals surface area contributed by atoms with Crippen molar-refractivity contribution in [3.05, 3.63) is 142 Å². The van der Waals surface area contributed by atoms with E-state index in [1.54, 1.807) is 34.8 Å². The van der Waals surface area contributed by atoms with E-state index in [9.17, 15) is 21.6 Å². The number of fused-ring (bicyclic) bond motifs is 2. The molecule has 278 valence electrons. The predicted octanol–water partition coefficient (Wildman–Crippen LogP) is 6.71. The third kappa shape index (κ3) is 11.7. The SMILES string of the molecule is O=CN(ON[C@@H](COCc1ccccc1)CS(=O)(=O)Cc1ccc2sccc2c1)[C@@H](COCc1ccccc1)CS(=O)(=O)Cc1ccc2sccc2c1. The van der Waals surface area contributed by atoms with Gasteiger partial charge >= 0.3 is 0 Å². The van der Waals surface area contributed by atoms with E-state index in [0.29, 0.717) is 17.5 Å². The molecule has 1 amide bonds. The van der Waals surface area contributed by atoms with E-state index in [0.717, 1.165) is 36.4 Å². The first-order chi connectivity index (χ1) is 25.6. The van der Waals surface area contributed by atoms with Crippen LogP contribution in [0.5, 0.6) is 0 Å². The second-order valence-electron chi connectivity index (χ2n) is 12.7. The predicted molar refractivity (Wildman–Crippen MR) is 211 cm³/mol. The fourth-order valence-corrected chi connectivity index (χ4v) is 10.6. The van der Waals surface area contributed by atoms with Gasteiger partial charge in [-0.05, 0) is 80.2 Å². The molecular weight excluding hydrogens is 753 g/mol. The quantitative estimate of drug-likeness (QED) is 0.0625. The maximum absolute atomic E-state index is 13.6. The van der Waals surface area contributed by atoms with Gasteiger partial charge in [-0.1, -0.05) is 72.8 Å². The lowest BCUT2D eigenvalue weighted by molar-refractivity contribution is -0.229. The number of rotatable bonds is 21. The number of carbonyl (C=O) groups excluding carboxylic acids is 1. The maximum atomic E-state index is 13.6. The average Bonchev–Trinajstić information content (AvgIpc) is 3.81. The van der Waals surface area contributed by atoms with Gasteiger partial charge in [0.25, 0.3) is 0 Å². The Morgan fingerprint density at radius 3 is 1.66 bits per heavy atom. The van der Waals surface area contributed by atoms with Crippen LogP contribution in [0.15, 0.2) is 120 Å². The second kappa shape index (κ2) is 18.4. The van der Waals surface area contributed by atoms with Crippen molar-refractivity contribution in [1.29, 1.82) is 0 Å². The zero-order valence-electron chi connectivity index (χ0n) is 28.8. The molecule has 0 radical (unpaired) electrons. The molecule has 0 unspecified atom stereocenters. The van der Waals surface area contributed by atoms with Crippen molar-refractivity contribution in [1.82, 2.24) is 10.5 Å². The molecule has 0 saturated carbocycles. The van der Waals surface area contributed by atoms with Crippen LogP contribution in [-0.4, -0.2) is 65.1 Å². The first-order valence-electron chi connectivity index (χ1n) is 16.9. The Kier molecular flexibility index (Phi) is 13.4. The van der Waals surface area contributed by atoms with Crippen molar-refractivity contribution in [2.75, 3.05) is 24.7 Å². The molecule has 2 heterocycles. The third-order valence-electron chi connectivity index (χ3n) is 8.35. The van der Waals surface area contributed by atoms with Gasteiger partial charge in [0.1, 0.15) is 0 Å². The molecule has 2 atom stereocenters. The van der Waals surface area contributed by atoms with Crippen molar-refractivity contribution in [2.45, 2.75) is 36.8 Å². The summed E-state index contributed by atoms with van der Waals surface area (Å²) in [4.78, 5) is 18.3. The van der Waals surface area contributed by atoms with Gasteiger partial charge in [0.2, 0.25) is 6.41 Å². The molecule has 4 aromatic carbocycles. The highest BCUT2D eigenvalue weighted by Gasteiger charge is 2.29. The van der Waals surface area contributed by atoms with E-state index in [-0.39, 0.29) is 43.7 Å². The number of benzene rings is 4. The first kappa shape index (κ1) is 38.7. The fourth-order valence-electron chi connectivity index (χ4n) is 5.85. The molecule has 53 heavy (non-hydrogen) atoms. The lowest BCUT2D eigenvalue weighted by Gasteiger charge is -2.29. The zero-order chi connectivity index (χ0) is 37.1.